The van der Waals surface area contributed by atoms with Crippen molar-refractivity contribution in [2.75, 3.05) is 26.3 Å². The molecule has 0 saturated carbocycles. The molecule has 28 heavy (non-hydrogen) atoms. The van der Waals surface area contributed by atoms with Crippen molar-refractivity contribution in [2.24, 2.45) is 0 Å². The first-order chi connectivity index (χ1) is 13.5. The molecular formula is C21H25N3O4. The largest absolute Gasteiger partial charge is 0.379 e. The minimum Gasteiger partial charge on any atom is -0.379 e. The highest BCUT2D eigenvalue weighted by Crippen LogP contribution is 2.33. The van der Waals surface area contributed by atoms with E-state index in [1.54, 1.807) is 18.7 Å². The molecule has 1 spiro atoms. The van der Waals surface area contributed by atoms with Crippen LogP contribution in [0.4, 0.5) is 0 Å². The first-order valence-electron chi connectivity index (χ1n) is 9.64. The molecule has 0 bridgehead atoms. The Balaban J connectivity index is 1.65. The van der Waals surface area contributed by atoms with Gasteiger partial charge < -0.3 is 19.1 Å². The van der Waals surface area contributed by atoms with Gasteiger partial charge in [-0.15, -0.1) is 0 Å². The summed E-state index contributed by atoms with van der Waals surface area (Å²) in [5.74, 6) is 0.441. The average molecular weight is 383 g/mol. The van der Waals surface area contributed by atoms with Gasteiger partial charge in [0.2, 0.25) is 5.91 Å². The Labute approximate surface area is 164 Å². The number of aryl methyl sites for hydroxylation is 2. The quantitative estimate of drug-likeness (QED) is 0.813. The van der Waals surface area contributed by atoms with Crippen molar-refractivity contribution in [3.8, 4) is 0 Å². The summed E-state index contributed by atoms with van der Waals surface area (Å²) < 4.78 is 10.9. The Kier molecular flexibility index (Phi) is 4.93. The third-order valence-corrected chi connectivity index (χ3v) is 5.75. The number of hydrogen-bond acceptors (Lipinski definition) is 5. The van der Waals surface area contributed by atoms with Crippen molar-refractivity contribution >= 4 is 11.8 Å². The van der Waals surface area contributed by atoms with Gasteiger partial charge in [0.1, 0.15) is 11.3 Å². The number of nitrogens with zero attached hydrogens (tertiary/aromatic N) is 3. The minimum atomic E-state index is -0.502. The molecule has 0 N–H and O–H groups in total. The lowest BCUT2D eigenvalue weighted by Crippen LogP contribution is -2.56. The van der Waals surface area contributed by atoms with E-state index in [1.165, 1.54) is 0 Å². The van der Waals surface area contributed by atoms with Crippen LogP contribution in [0.1, 0.15) is 40.2 Å². The second-order valence-corrected chi connectivity index (χ2v) is 7.67. The second kappa shape index (κ2) is 7.39. The van der Waals surface area contributed by atoms with Crippen LogP contribution < -0.4 is 0 Å². The van der Waals surface area contributed by atoms with Crippen molar-refractivity contribution in [1.29, 1.82) is 0 Å². The van der Waals surface area contributed by atoms with Crippen LogP contribution >= 0.6 is 0 Å². The Bertz CT molecular complexity index is 852. The van der Waals surface area contributed by atoms with Crippen LogP contribution in [0.3, 0.4) is 0 Å². The highest BCUT2D eigenvalue weighted by molar-refractivity contribution is 5.96. The van der Waals surface area contributed by atoms with Gasteiger partial charge in [0.05, 0.1) is 17.8 Å². The SMILES string of the molecule is Cc1noc(C)c1C(=O)N1CCC(=O)N(Cc2ccccc2)C2(CCOC2)C1. The third kappa shape index (κ3) is 3.30. The van der Waals surface area contributed by atoms with Gasteiger partial charge in [-0.1, -0.05) is 35.5 Å². The third-order valence-electron chi connectivity index (χ3n) is 5.75. The van der Waals surface area contributed by atoms with E-state index in [0.717, 1.165) is 12.0 Å². The lowest BCUT2D eigenvalue weighted by atomic mass is 9.94. The summed E-state index contributed by atoms with van der Waals surface area (Å²) in [6.45, 7) is 5.90. The van der Waals surface area contributed by atoms with E-state index in [2.05, 4.69) is 5.16 Å². The van der Waals surface area contributed by atoms with Gasteiger partial charge in [0.15, 0.2) is 0 Å². The fraction of sp³-hybridized carbons (Fsp3) is 0.476. The van der Waals surface area contributed by atoms with Crippen molar-refractivity contribution in [3.05, 3.63) is 52.9 Å². The van der Waals surface area contributed by atoms with Gasteiger partial charge in [-0.25, -0.2) is 0 Å². The van der Waals surface area contributed by atoms with E-state index in [9.17, 15) is 9.59 Å². The summed E-state index contributed by atoms with van der Waals surface area (Å²) in [5.41, 5.74) is 1.65. The van der Waals surface area contributed by atoms with Crippen LogP contribution in [-0.4, -0.2) is 58.6 Å². The molecule has 2 fully saturated rings. The molecule has 3 heterocycles. The molecule has 7 nitrogen and oxygen atoms in total. The van der Waals surface area contributed by atoms with Crippen molar-refractivity contribution < 1.29 is 18.8 Å². The predicted octanol–water partition coefficient (Wildman–Crippen LogP) is 2.33. The van der Waals surface area contributed by atoms with Gasteiger partial charge in [-0.05, 0) is 25.8 Å². The van der Waals surface area contributed by atoms with E-state index in [-0.39, 0.29) is 11.8 Å². The van der Waals surface area contributed by atoms with Gasteiger partial charge in [0.25, 0.3) is 5.91 Å². The van der Waals surface area contributed by atoms with Crippen LogP contribution in [0, 0.1) is 13.8 Å². The highest BCUT2D eigenvalue weighted by atomic mass is 16.5. The van der Waals surface area contributed by atoms with Crippen molar-refractivity contribution in [1.82, 2.24) is 15.0 Å². The molecule has 2 aromatic rings. The molecule has 2 saturated heterocycles. The number of benzene rings is 1. The maximum absolute atomic E-state index is 13.2. The monoisotopic (exact) mass is 383 g/mol. The first-order valence-corrected chi connectivity index (χ1v) is 9.64. The fourth-order valence-corrected chi connectivity index (χ4v) is 4.23. The van der Waals surface area contributed by atoms with Crippen molar-refractivity contribution in [2.45, 2.75) is 38.8 Å². The molecule has 0 radical (unpaired) electrons. The number of carbonyl (C=O) groups excluding carboxylic acids is 2. The molecule has 2 aliphatic heterocycles. The predicted molar refractivity (Wildman–Crippen MR) is 102 cm³/mol. The smallest absolute Gasteiger partial charge is 0.259 e. The molecule has 2 amide bonds. The van der Waals surface area contributed by atoms with E-state index in [1.807, 2.05) is 35.2 Å². The lowest BCUT2D eigenvalue weighted by Gasteiger charge is -2.40. The van der Waals surface area contributed by atoms with E-state index in [4.69, 9.17) is 9.26 Å². The zero-order chi connectivity index (χ0) is 19.7. The van der Waals surface area contributed by atoms with Crippen LogP contribution in [0.25, 0.3) is 0 Å². The molecule has 4 rings (SSSR count). The minimum absolute atomic E-state index is 0.0587. The Morgan fingerprint density at radius 1 is 1.25 bits per heavy atom. The molecule has 1 aromatic carbocycles. The number of amides is 2. The molecule has 1 atom stereocenters. The van der Waals surface area contributed by atoms with Crippen molar-refractivity contribution in [3.63, 3.8) is 0 Å². The summed E-state index contributed by atoms with van der Waals surface area (Å²) >= 11 is 0. The van der Waals surface area contributed by atoms with Crippen LogP contribution in [0.5, 0.6) is 0 Å². The highest BCUT2D eigenvalue weighted by Gasteiger charge is 2.47. The van der Waals surface area contributed by atoms with Crippen LogP contribution in [0.15, 0.2) is 34.9 Å². The van der Waals surface area contributed by atoms with E-state index >= 15 is 0 Å². The summed E-state index contributed by atoms with van der Waals surface area (Å²) in [6.07, 6.45) is 1.01. The van der Waals surface area contributed by atoms with Gasteiger partial charge >= 0.3 is 0 Å². The standard InChI is InChI=1S/C21H25N3O4/c1-15-19(16(2)28-22-15)20(26)23-10-8-18(25)24(12-17-6-4-3-5-7-17)21(13-23)9-11-27-14-21/h3-7H,8-14H2,1-2H3. The van der Waals surface area contributed by atoms with Gasteiger partial charge in [-0.3, -0.25) is 9.59 Å². The fourth-order valence-electron chi connectivity index (χ4n) is 4.23. The summed E-state index contributed by atoms with van der Waals surface area (Å²) in [7, 11) is 0. The number of carbonyl (C=O) groups is 2. The summed E-state index contributed by atoms with van der Waals surface area (Å²) in [5, 5.41) is 3.91. The molecular weight excluding hydrogens is 358 g/mol. The number of aromatic nitrogens is 1. The van der Waals surface area contributed by atoms with Gasteiger partial charge in [-0.2, -0.15) is 0 Å². The topological polar surface area (TPSA) is 75.9 Å². The summed E-state index contributed by atoms with van der Waals surface area (Å²) in [6, 6.07) is 9.96. The number of ether oxygens (including phenoxy) is 1. The Morgan fingerprint density at radius 2 is 2.04 bits per heavy atom. The number of rotatable bonds is 3. The zero-order valence-electron chi connectivity index (χ0n) is 16.3. The molecule has 7 heteroatoms. The second-order valence-electron chi connectivity index (χ2n) is 7.67. The molecule has 0 aliphatic carbocycles. The molecule has 1 aromatic heterocycles. The molecule has 1 unspecified atom stereocenters. The maximum Gasteiger partial charge on any atom is 0.259 e. The van der Waals surface area contributed by atoms with E-state index in [0.29, 0.717) is 56.3 Å². The van der Waals surface area contributed by atoms with Gasteiger partial charge in [0, 0.05) is 32.7 Å². The first kappa shape index (κ1) is 18.7. The Hall–Kier alpha value is -2.67. The van der Waals surface area contributed by atoms with Crippen LogP contribution in [-0.2, 0) is 16.1 Å². The normalized spacial score (nSPS) is 22.7. The Morgan fingerprint density at radius 3 is 2.68 bits per heavy atom. The average Bonchev–Trinajstić information content (AvgIpc) is 3.26. The number of hydrogen-bond donors (Lipinski definition) is 0. The van der Waals surface area contributed by atoms with E-state index < -0.39 is 5.54 Å². The zero-order valence-corrected chi connectivity index (χ0v) is 16.3. The molecule has 148 valence electrons. The maximum atomic E-state index is 13.2. The summed E-state index contributed by atoms with van der Waals surface area (Å²) in [4.78, 5) is 30.0. The lowest BCUT2D eigenvalue weighted by molar-refractivity contribution is -0.137. The molecule has 2 aliphatic rings. The van der Waals surface area contributed by atoms with Crippen LogP contribution in [0.2, 0.25) is 0 Å².